The molecular weight excluding hydrogens is 1090 g/mol. The number of phosphoric ester groups is 1. The lowest BCUT2D eigenvalue weighted by Gasteiger charge is -2.29. The van der Waals surface area contributed by atoms with E-state index in [1.807, 2.05) is 27.2 Å². The zero-order chi connectivity index (χ0) is 63.4. The van der Waals surface area contributed by atoms with Crippen molar-refractivity contribution in [2.75, 3.05) is 40.9 Å². The standard InChI is InChI=1S/C78H137N2O6P/c1-6-8-10-12-14-16-18-20-22-24-26-28-30-32-33-34-35-36-37-38-39-40-41-42-43-44-45-46-47-48-50-52-54-56-58-60-62-64-66-68-70-72-78(82)79-76(75-86-87(83,84)85-74-73-80(3,4)5)77(81)71-69-67-65-63-61-59-57-55-53-51-49-31-29-27-25-23-21-19-17-15-13-11-9-7-2/h8,10,14,16,20,22,26,28,32-33,35-36,38-39,41-42,44-45,47-48,69,71,76-77,81H,6-7,9,11-13,15,17-19,21,23-25,27,29-31,34,37,40,43,46,49-68,70,72-75H2,1-5H3,(H-,79,82,83,84)/b10-8-,16-14-,22-20-,28-26-,33-32-,36-35-,39-38-,42-41-,45-44-,48-47-,71-69+. The van der Waals surface area contributed by atoms with Crippen LogP contribution in [0.25, 0.3) is 0 Å². The molecule has 3 atom stereocenters. The molecule has 87 heavy (non-hydrogen) atoms. The third kappa shape index (κ3) is 70.0. The van der Waals surface area contributed by atoms with Crippen molar-refractivity contribution in [2.24, 2.45) is 0 Å². The molecule has 0 rings (SSSR count). The summed E-state index contributed by atoms with van der Waals surface area (Å²) < 4.78 is 23.5. The van der Waals surface area contributed by atoms with Crippen molar-refractivity contribution < 1.29 is 32.9 Å². The highest BCUT2D eigenvalue weighted by atomic mass is 31.2. The Balaban J connectivity index is 4.11. The Morgan fingerprint density at radius 1 is 0.414 bits per heavy atom. The Bertz CT molecular complexity index is 1880. The Morgan fingerprint density at radius 3 is 1.02 bits per heavy atom. The smallest absolute Gasteiger partial charge is 0.268 e. The number of rotatable bonds is 65. The number of nitrogens with one attached hydrogen (secondary N) is 1. The number of carbonyl (C=O) groups is 1. The van der Waals surface area contributed by atoms with E-state index < -0.39 is 20.0 Å². The number of amides is 1. The molecule has 3 unspecified atom stereocenters. The summed E-state index contributed by atoms with van der Waals surface area (Å²) in [6, 6.07) is -0.899. The van der Waals surface area contributed by atoms with Crippen LogP contribution in [0.3, 0.4) is 0 Å². The van der Waals surface area contributed by atoms with E-state index in [1.165, 1.54) is 173 Å². The molecule has 0 aromatic carbocycles. The van der Waals surface area contributed by atoms with E-state index in [1.54, 1.807) is 6.08 Å². The molecule has 0 saturated carbocycles. The first-order chi connectivity index (χ1) is 42.5. The van der Waals surface area contributed by atoms with Gasteiger partial charge in [-0.2, -0.15) is 0 Å². The molecule has 8 nitrogen and oxygen atoms in total. The molecule has 0 aliphatic carbocycles. The molecule has 2 N–H and O–H groups in total. The van der Waals surface area contributed by atoms with Gasteiger partial charge >= 0.3 is 0 Å². The summed E-state index contributed by atoms with van der Waals surface area (Å²) in [5.41, 5.74) is 0. The quantitative estimate of drug-likeness (QED) is 0.0272. The van der Waals surface area contributed by atoms with Crippen LogP contribution in [0.2, 0.25) is 0 Å². The summed E-state index contributed by atoms with van der Waals surface area (Å²) in [6.07, 6.45) is 101. The van der Waals surface area contributed by atoms with E-state index in [0.717, 1.165) is 109 Å². The fraction of sp³-hybridized carbons (Fsp3) is 0.705. The van der Waals surface area contributed by atoms with E-state index in [-0.39, 0.29) is 19.1 Å². The van der Waals surface area contributed by atoms with Gasteiger partial charge in [0, 0.05) is 6.42 Å². The van der Waals surface area contributed by atoms with Crippen molar-refractivity contribution in [2.45, 2.75) is 315 Å². The maximum absolute atomic E-state index is 13.0. The van der Waals surface area contributed by atoms with Gasteiger partial charge in [0.2, 0.25) is 5.91 Å². The van der Waals surface area contributed by atoms with Gasteiger partial charge in [-0.25, -0.2) is 0 Å². The highest BCUT2D eigenvalue weighted by molar-refractivity contribution is 7.45. The van der Waals surface area contributed by atoms with Crippen LogP contribution >= 0.6 is 7.82 Å². The lowest BCUT2D eigenvalue weighted by atomic mass is 10.0. The third-order valence-corrected chi connectivity index (χ3v) is 16.6. The predicted octanol–water partition coefficient (Wildman–Crippen LogP) is 22.8. The monoisotopic (exact) mass is 1230 g/mol. The van der Waals surface area contributed by atoms with Crippen LogP contribution in [0, 0.1) is 0 Å². The first-order valence-electron chi connectivity index (χ1n) is 36.0. The minimum atomic E-state index is -4.61. The van der Waals surface area contributed by atoms with E-state index in [2.05, 4.69) is 141 Å². The van der Waals surface area contributed by atoms with Crippen LogP contribution in [0.5, 0.6) is 0 Å². The molecule has 0 bridgehead atoms. The SMILES string of the molecule is CC/C=C\C/C=C\C/C=C\C/C=C\C/C=C\C/C=C\C/C=C\C/C=C\C/C=C\C/C=C\CCCCCCCCCCCCC(=O)NC(COP(=O)([O-])OCC[N+](C)(C)C)C(O)/C=C/CCCCCCCCCCCCCCCCCCCCCCCC. The van der Waals surface area contributed by atoms with Gasteiger partial charge in [-0.3, -0.25) is 9.36 Å². The van der Waals surface area contributed by atoms with Crippen LogP contribution in [0.15, 0.2) is 134 Å². The second-order valence-corrected chi connectivity index (χ2v) is 26.6. The number of likely N-dealkylation sites (N-methyl/N-ethyl adjacent to an activating group) is 1. The minimum Gasteiger partial charge on any atom is -0.756 e. The van der Waals surface area contributed by atoms with E-state index in [9.17, 15) is 19.4 Å². The van der Waals surface area contributed by atoms with Gasteiger partial charge in [-0.15, -0.1) is 0 Å². The van der Waals surface area contributed by atoms with Crippen LogP contribution in [0.1, 0.15) is 303 Å². The summed E-state index contributed by atoms with van der Waals surface area (Å²) in [5.74, 6) is -0.204. The number of phosphoric acid groups is 1. The number of carbonyl (C=O) groups excluding carboxylic acids is 1. The molecule has 9 heteroatoms. The average molecular weight is 1230 g/mol. The molecule has 500 valence electrons. The average Bonchev–Trinajstić information content (AvgIpc) is 3.71. The molecule has 0 aliphatic rings. The molecule has 0 aromatic heterocycles. The van der Waals surface area contributed by atoms with E-state index in [0.29, 0.717) is 17.4 Å². The number of allylic oxidation sites excluding steroid dienone is 21. The molecule has 0 radical (unpaired) electrons. The van der Waals surface area contributed by atoms with Gasteiger partial charge in [-0.05, 0) is 96.3 Å². The Kier molecular flexibility index (Phi) is 64.5. The number of unbranched alkanes of at least 4 members (excludes halogenated alkanes) is 32. The maximum Gasteiger partial charge on any atom is 0.268 e. The second-order valence-electron chi connectivity index (χ2n) is 25.2. The fourth-order valence-electron chi connectivity index (χ4n) is 10.1. The van der Waals surface area contributed by atoms with Crippen molar-refractivity contribution in [3.05, 3.63) is 134 Å². The number of nitrogens with zero attached hydrogens (tertiary/aromatic N) is 1. The second kappa shape index (κ2) is 67.0. The number of aliphatic hydroxyl groups is 1. The number of hydrogen-bond donors (Lipinski definition) is 2. The van der Waals surface area contributed by atoms with Crippen molar-refractivity contribution >= 4 is 13.7 Å². The van der Waals surface area contributed by atoms with Gasteiger partial charge in [0.05, 0.1) is 39.9 Å². The lowest BCUT2D eigenvalue weighted by molar-refractivity contribution is -0.870. The largest absolute Gasteiger partial charge is 0.756 e. The van der Waals surface area contributed by atoms with Crippen LogP contribution in [0.4, 0.5) is 0 Å². The van der Waals surface area contributed by atoms with Gasteiger partial charge < -0.3 is 28.8 Å². The molecule has 0 aromatic rings. The third-order valence-electron chi connectivity index (χ3n) is 15.6. The summed E-state index contributed by atoms with van der Waals surface area (Å²) in [4.78, 5) is 25.6. The molecule has 0 spiro atoms. The fourth-order valence-corrected chi connectivity index (χ4v) is 10.8. The highest BCUT2D eigenvalue weighted by Crippen LogP contribution is 2.38. The zero-order valence-electron chi connectivity index (χ0n) is 57.2. The topological polar surface area (TPSA) is 108 Å². The molecule has 0 aliphatic heterocycles. The number of hydrogen-bond acceptors (Lipinski definition) is 6. The Labute approximate surface area is 538 Å². The molecule has 0 fully saturated rings. The zero-order valence-corrected chi connectivity index (χ0v) is 58.1. The Morgan fingerprint density at radius 2 is 0.701 bits per heavy atom. The minimum absolute atomic E-state index is 0.00690. The first-order valence-corrected chi connectivity index (χ1v) is 37.5. The first kappa shape index (κ1) is 83.6. The normalized spacial score (nSPS) is 14.4. The highest BCUT2D eigenvalue weighted by Gasteiger charge is 2.23. The van der Waals surface area contributed by atoms with Crippen molar-refractivity contribution in [1.29, 1.82) is 0 Å². The summed E-state index contributed by atoms with van der Waals surface area (Å²) in [6.45, 7) is 4.55. The van der Waals surface area contributed by atoms with Crippen LogP contribution < -0.4 is 10.2 Å². The molecule has 0 heterocycles. The van der Waals surface area contributed by atoms with Crippen LogP contribution in [-0.2, 0) is 18.4 Å². The number of aliphatic hydroxyl groups excluding tert-OH is 1. The number of quaternary nitrogens is 1. The van der Waals surface area contributed by atoms with Gasteiger partial charge in [0.25, 0.3) is 7.82 Å². The summed E-state index contributed by atoms with van der Waals surface area (Å²) >= 11 is 0. The van der Waals surface area contributed by atoms with Crippen molar-refractivity contribution in [1.82, 2.24) is 5.32 Å². The maximum atomic E-state index is 13.0. The van der Waals surface area contributed by atoms with Crippen molar-refractivity contribution in [3.8, 4) is 0 Å². The van der Waals surface area contributed by atoms with E-state index >= 15 is 0 Å². The van der Waals surface area contributed by atoms with E-state index in [4.69, 9.17) is 9.05 Å². The van der Waals surface area contributed by atoms with Gasteiger partial charge in [0.15, 0.2) is 0 Å². The molecular formula is C78H137N2O6P. The lowest BCUT2D eigenvalue weighted by Crippen LogP contribution is -2.45. The van der Waals surface area contributed by atoms with Gasteiger partial charge in [-0.1, -0.05) is 334 Å². The molecule has 1 amide bonds. The molecule has 0 saturated heterocycles. The van der Waals surface area contributed by atoms with Crippen LogP contribution in [-0.4, -0.2) is 68.5 Å². The Hall–Kier alpha value is -3.36. The summed E-state index contributed by atoms with van der Waals surface area (Å²) in [7, 11) is 1.25. The van der Waals surface area contributed by atoms with Crippen molar-refractivity contribution in [3.63, 3.8) is 0 Å². The predicted molar refractivity (Wildman–Crippen MR) is 380 cm³/mol. The van der Waals surface area contributed by atoms with Gasteiger partial charge in [0.1, 0.15) is 13.2 Å². The summed E-state index contributed by atoms with van der Waals surface area (Å²) in [5, 5.41) is 14.0.